The molecular formula is C11H29N3O3Si. The van der Waals surface area contributed by atoms with Crippen molar-refractivity contribution in [1.29, 1.82) is 0 Å². The van der Waals surface area contributed by atoms with E-state index in [4.69, 9.17) is 13.3 Å². The van der Waals surface area contributed by atoms with Crippen molar-refractivity contribution in [3.8, 4) is 0 Å². The zero-order valence-electron chi connectivity index (χ0n) is 13.0. The number of guanidine groups is 1. The maximum atomic E-state index is 5.17. The van der Waals surface area contributed by atoms with Crippen molar-refractivity contribution in [1.82, 2.24) is 10.2 Å². The third kappa shape index (κ3) is 7.65. The van der Waals surface area contributed by atoms with Crippen molar-refractivity contribution >= 4 is 14.8 Å². The summed E-state index contributed by atoms with van der Waals surface area (Å²) < 4.78 is 15.5. The number of rotatable bonds is 5. The zero-order valence-corrected chi connectivity index (χ0v) is 14.0. The van der Waals surface area contributed by atoms with E-state index in [0.717, 1.165) is 18.4 Å². The molecule has 0 unspecified atom stereocenters. The molecule has 0 aliphatic heterocycles. The Bertz CT molecular complexity index is 213. The first-order valence-corrected chi connectivity index (χ1v) is 7.87. The van der Waals surface area contributed by atoms with Gasteiger partial charge in [-0.2, -0.15) is 0 Å². The lowest BCUT2D eigenvalue weighted by atomic mass is 10.6. The average molecular weight is 279 g/mol. The molecule has 0 aromatic rings. The highest BCUT2D eigenvalue weighted by Crippen LogP contribution is 2.13. The van der Waals surface area contributed by atoms with Crippen LogP contribution in [0.3, 0.4) is 0 Å². The van der Waals surface area contributed by atoms with Gasteiger partial charge in [0.25, 0.3) is 0 Å². The third-order valence-corrected chi connectivity index (χ3v) is 5.33. The van der Waals surface area contributed by atoms with Gasteiger partial charge in [0.05, 0.1) is 0 Å². The fraction of sp³-hybridized carbons (Fsp3) is 0.909. The minimum atomic E-state index is -2.22. The van der Waals surface area contributed by atoms with E-state index in [1.165, 1.54) is 0 Å². The predicted molar refractivity (Wildman–Crippen MR) is 78.0 cm³/mol. The quantitative estimate of drug-likeness (QED) is 0.463. The van der Waals surface area contributed by atoms with Crippen LogP contribution in [0.2, 0.25) is 6.04 Å². The lowest BCUT2D eigenvalue weighted by Gasteiger charge is -2.23. The van der Waals surface area contributed by atoms with Gasteiger partial charge in [-0.3, -0.25) is 4.99 Å². The molecule has 0 amide bonds. The van der Waals surface area contributed by atoms with E-state index in [0.29, 0.717) is 0 Å². The first-order chi connectivity index (χ1) is 8.46. The lowest BCUT2D eigenvalue weighted by Crippen LogP contribution is -2.42. The van der Waals surface area contributed by atoms with Gasteiger partial charge in [0.1, 0.15) is 0 Å². The van der Waals surface area contributed by atoms with E-state index < -0.39 is 8.80 Å². The van der Waals surface area contributed by atoms with Gasteiger partial charge >= 0.3 is 8.80 Å². The second-order valence-corrected chi connectivity index (χ2v) is 6.83. The van der Waals surface area contributed by atoms with Crippen LogP contribution in [0.1, 0.15) is 13.3 Å². The number of aliphatic imine (C=N–C) groups is 1. The smallest absolute Gasteiger partial charge is 0.377 e. The van der Waals surface area contributed by atoms with Gasteiger partial charge in [-0.1, -0.05) is 13.3 Å². The Morgan fingerprint density at radius 2 is 1.61 bits per heavy atom. The van der Waals surface area contributed by atoms with E-state index in [9.17, 15) is 0 Å². The summed E-state index contributed by atoms with van der Waals surface area (Å²) in [6.07, 6.45) is 1.03. The van der Waals surface area contributed by atoms with Gasteiger partial charge in [-0.15, -0.1) is 0 Å². The van der Waals surface area contributed by atoms with Gasteiger partial charge in [-0.25, -0.2) is 0 Å². The van der Waals surface area contributed by atoms with Gasteiger partial charge in [0.2, 0.25) is 0 Å². The van der Waals surface area contributed by atoms with Crippen LogP contribution < -0.4 is 5.32 Å². The topological polar surface area (TPSA) is 55.3 Å². The first kappa shape index (κ1) is 19.7. The predicted octanol–water partition coefficient (Wildman–Crippen LogP) is 1.03. The monoisotopic (exact) mass is 279 g/mol. The molecule has 1 N–H and O–H groups in total. The van der Waals surface area contributed by atoms with Crippen molar-refractivity contribution in [2.24, 2.45) is 4.99 Å². The lowest BCUT2D eigenvalue weighted by molar-refractivity contribution is 0.123. The highest BCUT2D eigenvalue weighted by Gasteiger charge is 2.36. The van der Waals surface area contributed by atoms with Crippen LogP contribution in [0.4, 0.5) is 0 Å². The van der Waals surface area contributed by atoms with E-state index in [-0.39, 0.29) is 0 Å². The van der Waals surface area contributed by atoms with Crippen molar-refractivity contribution in [3.63, 3.8) is 0 Å². The molecule has 0 radical (unpaired) electrons. The molecule has 0 aromatic carbocycles. The summed E-state index contributed by atoms with van der Waals surface area (Å²) >= 11 is 0. The van der Waals surface area contributed by atoms with E-state index >= 15 is 0 Å². The van der Waals surface area contributed by atoms with Crippen molar-refractivity contribution in [3.05, 3.63) is 0 Å². The molecule has 0 aliphatic carbocycles. The molecule has 0 saturated heterocycles. The summed E-state index contributed by atoms with van der Waals surface area (Å²) in [6.45, 7) is 2.08. The summed E-state index contributed by atoms with van der Waals surface area (Å²) in [5, 5.41) is 2.93. The van der Waals surface area contributed by atoms with Crippen LogP contribution in [0.15, 0.2) is 4.99 Å². The Morgan fingerprint density at radius 1 is 1.17 bits per heavy atom. The van der Waals surface area contributed by atoms with Crippen LogP contribution in [-0.2, 0) is 13.3 Å². The van der Waals surface area contributed by atoms with Gasteiger partial charge in [-0.05, 0) is 0 Å². The molecule has 0 rings (SSSR count). The second kappa shape index (κ2) is 11.5. The van der Waals surface area contributed by atoms with Crippen molar-refractivity contribution in [2.75, 3.05) is 49.5 Å². The van der Waals surface area contributed by atoms with Gasteiger partial charge in [0, 0.05) is 55.6 Å². The number of nitrogens with zero attached hydrogens (tertiary/aromatic N) is 2. The molecular weight excluding hydrogens is 250 g/mol. The van der Waals surface area contributed by atoms with E-state index in [2.05, 4.69) is 17.2 Å². The standard InChI is InChI=1S/C6H16O3Si.C5H13N3/c1-5-6-10(7-2,8-3)9-4;1-6-5(7-2)8(3)4/h5-6H2,1-4H3;1-4H3,(H,6,7). The fourth-order valence-electron chi connectivity index (χ4n) is 1.40. The molecule has 6 nitrogen and oxygen atoms in total. The van der Waals surface area contributed by atoms with Crippen LogP contribution in [0.5, 0.6) is 0 Å². The molecule has 0 bridgehead atoms. The molecule has 18 heavy (non-hydrogen) atoms. The van der Waals surface area contributed by atoms with E-state index in [1.807, 2.05) is 26.0 Å². The van der Waals surface area contributed by atoms with Crippen LogP contribution >= 0.6 is 0 Å². The summed E-state index contributed by atoms with van der Waals surface area (Å²) in [7, 11) is 10.2. The summed E-state index contributed by atoms with van der Waals surface area (Å²) in [4.78, 5) is 5.85. The Hall–Kier alpha value is -0.633. The molecule has 0 atom stereocenters. The normalized spacial score (nSPS) is 11.7. The van der Waals surface area contributed by atoms with Crippen molar-refractivity contribution < 1.29 is 13.3 Å². The SMILES string of the molecule is CCC[Si](OC)(OC)OC.CN=C(NC)N(C)C. The Labute approximate surface area is 113 Å². The van der Waals surface area contributed by atoms with E-state index in [1.54, 1.807) is 28.4 Å². The Balaban J connectivity index is 0. The number of hydrogen-bond donors (Lipinski definition) is 1. The summed E-state index contributed by atoms with van der Waals surface area (Å²) in [5.41, 5.74) is 0. The highest BCUT2D eigenvalue weighted by atomic mass is 28.4. The fourth-order valence-corrected chi connectivity index (χ4v) is 3.12. The molecule has 0 fully saturated rings. The molecule has 0 aromatic heterocycles. The summed E-state index contributed by atoms with van der Waals surface area (Å²) in [6, 6.07) is 0.885. The maximum Gasteiger partial charge on any atom is 0.500 e. The van der Waals surface area contributed by atoms with Crippen LogP contribution in [0.25, 0.3) is 0 Å². The largest absolute Gasteiger partial charge is 0.500 e. The molecule has 0 heterocycles. The second-order valence-electron chi connectivity index (χ2n) is 3.74. The molecule has 7 heteroatoms. The molecule has 110 valence electrons. The van der Waals surface area contributed by atoms with Crippen LogP contribution in [0, 0.1) is 0 Å². The minimum absolute atomic E-state index is 0.885. The number of hydrogen-bond acceptors (Lipinski definition) is 4. The zero-order chi connectivity index (χ0) is 14.6. The minimum Gasteiger partial charge on any atom is -0.377 e. The molecule has 0 aliphatic rings. The Morgan fingerprint density at radius 3 is 1.67 bits per heavy atom. The average Bonchev–Trinajstić information content (AvgIpc) is 2.38. The van der Waals surface area contributed by atoms with Gasteiger partial charge in [0.15, 0.2) is 5.96 Å². The van der Waals surface area contributed by atoms with Gasteiger partial charge < -0.3 is 23.5 Å². The first-order valence-electron chi connectivity index (χ1n) is 5.94. The third-order valence-electron chi connectivity index (χ3n) is 2.35. The Kier molecular flexibility index (Phi) is 12.5. The molecule has 0 spiro atoms. The summed E-state index contributed by atoms with van der Waals surface area (Å²) in [5.74, 6) is 0.894. The van der Waals surface area contributed by atoms with Crippen molar-refractivity contribution in [2.45, 2.75) is 19.4 Å². The number of nitrogens with one attached hydrogen (secondary N) is 1. The van der Waals surface area contributed by atoms with Crippen LogP contribution in [-0.4, -0.2) is 69.2 Å². The molecule has 0 saturated carbocycles. The maximum absolute atomic E-state index is 5.17. The highest BCUT2D eigenvalue weighted by molar-refractivity contribution is 6.60.